The molecule has 1 aromatic carbocycles. The van der Waals surface area contributed by atoms with Crippen LogP contribution in [0.2, 0.25) is 0 Å². The number of hydrogen-bond donors (Lipinski definition) is 3. The van der Waals surface area contributed by atoms with E-state index in [4.69, 9.17) is 10.8 Å². The van der Waals surface area contributed by atoms with E-state index in [1.54, 1.807) is 0 Å². The van der Waals surface area contributed by atoms with E-state index in [9.17, 15) is 4.79 Å². The van der Waals surface area contributed by atoms with Crippen molar-refractivity contribution in [2.24, 2.45) is 0 Å². The Morgan fingerprint density at radius 1 is 1.56 bits per heavy atom. The zero-order valence-electron chi connectivity index (χ0n) is 10.2. The summed E-state index contributed by atoms with van der Waals surface area (Å²) in [5.74, 6) is 0.496. The Kier molecular flexibility index (Phi) is 3.36. The predicted octanol–water partition coefficient (Wildman–Crippen LogP) is 1.80. The largest absolute Gasteiger partial charge is 0.465 e. The Labute approximate surface area is 104 Å². The van der Waals surface area contributed by atoms with Crippen LogP contribution in [0.25, 0.3) is 11.0 Å². The Balaban J connectivity index is 2.32. The zero-order valence-corrected chi connectivity index (χ0v) is 10.2. The van der Waals surface area contributed by atoms with Gasteiger partial charge < -0.3 is 20.7 Å². The fourth-order valence-corrected chi connectivity index (χ4v) is 1.94. The molecule has 6 heteroatoms. The predicted molar refractivity (Wildman–Crippen MR) is 69.3 cm³/mol. The van der Waals surface area contributed by atoms with E-state index in [-0.39, 0.29) is 6.54 Å². The number of anilines is 1. The first-order valence-corrected chi connectivity index (χ1v) is 5.83. The molecular formula is C12H16N4O2. The first-order chi connectivity index (χ1) is 8.61. The van der Waals surface area contributed by atoms with Crippen molar-refractivity contribution in [2.45, 2.75) is 26.4 Å². The molecular weight excluding hydrogens is 232 g/mol. The molecule has 0 aliphatic carbocycles. The van der Waals surface area contributed by atoms with Crippen molar-refractivity contribution in [1.29, 1.82) is 0 Å². The number of fused-ring (bicyclic) bond motifs is 1. The van der Waals surface area contributed by atoms with Crippen LogP contribution in [0, 0.1) is 0 Å². The highest BCUT2D eigenvalue weighted by Gasteiger charge is 2.08. The van der Waals surface area contributed by atoms with Gasteiger partial charge in [-0.05, 0) is 24.1 Å². The van der Waals surface area contributed by atoms with E-state index in [0.29, 0.717) is 5.95 Å². The van der Waals surface area contributed by atoms with Crippen LogP contribution < -0.4 is 11.1 Å². The molecule has 2 aromatic rings. The number of nitrogens with two attached hydrogens (primary N) is 1. The molecule has 18 heavy (non-hydrogen) atoms. The molecule has 1 amide bonds. The van der Waals surface area contributed by atoms with Gasteiger partial charge >= 0.3 is 6.09 Å². The van der Waals surface area contributed by atoms with E-state index in [0.717, 1.165) is 29.6 Å². The molecule has 0 unspecified atom stereocenters. The molecule has 0 fully saturated rings. The molecule has 6 nitrogen and oxygen atoms in total. The summed E-state index contributed by atoms with van der Waals surface area (Å²) < 4.78 is 1.96. The maximum absolute atomic E-state index is 10.4. The van der Waals surface area contributed by atoms with E-state index in [2.05, 4.69) is 17.2 Å². The summed E-state index contributed by atoms with van der Waals surface area (Å²) in [6.45, 7) is 3.18. The first-order valence-electron chi connectivity index (χ1n) is 5.83. The molecule has 0 saturated carbocycles. The van der Waals surface area contributed by atoms with Crippen molar-refractivity contribution < 1.29 is 9.90 Å². The number of aromatic nitrogens is 2. The van der Waals surface area contributed by atoms with Gasteiger partial charge in [0.25, 0.3) is 0 Å². The Bertz CT molecular complexity index is 577. The maximum Gasteiger partial charge on any atom is 0.404 e. The third-order valence-electron chi connectivity index (χ3n) is 2.73. The van der Waals surface area contributed by atoms with Crippen LogP contribution in [0.5, 0.6) is 0 Å². The second kappa shape index (κ2) is 4.95. The van der Waals surface area contributed by atoms with Crippen molar-refractivity contribution in [3.05, 3.63) is 23.8 Å². The molecule has 96 valence electrons. The van der Waals surface area contributed by atoms with Crippen LogP contribution in [-0.2, 0) is 13.1 Å². The average molecular weight is 248 g/mol. The summed E-state index contributed by atoms with van der Waals surface area (Å²) in [7, 11) is 0. The number of aryl methyl sites for hydroxylation is 1. The van der Waals surface area contributed by atoms with Crippen molar-refractivity contribution in [3.63, 3.8) is 0 Å². The van der Waals surface area contributed by atoms with Crippen LogP contribution in [0.3, 0.4) is 0 Å². The topological polar surface area (TPSA) is 93.2 Å². The minimum atomic E-state index is -1.04. The summed E-state index contributed by atoms with van der Waals surface area (Å²) in [5.41, 5.74) is 8.50. The number of nitrogen functional groups attached to an aromatic ring is 1. The summed E-state index contributed by atoms with van der Waals surface area (Å²) in [4.78, 5) is 14.7. The van der Waals surface area contributed by atoms with Gasteiger partial charge in [0.05, 0.1) is 11.0 Å². The normalized spacial score (nSPS) is 10.7. The van der Waals surface area contributed by atoms with Crippen molar-refractivity contribution in [2.75, 3.05) is 5.73 Å². The summed E-state index contributed by atoms with van der Waals surface area (Å²) in [6, 6.07) is 5.66. The van der Waals surface area contributed by atoms with Crippen molar-refractivity contribution >= 4 is 23.1 Å². The maximum atomic E-state index is 10.4. The SMILES string of the molecule is CCCn1c(N)nc2cc(CNC(=O)O)ccc21. The van der Waals surface area contributed by atoms with Gasteiger partial charge in [-0.2, -0.15) is 0 Å². The molecule has 1 heterocycles. The molecule has 0 saturated heterocycles. The Hall–Kier alpha value is -2.24. The molecule has 2 rings (SSSR count). The van der Waals surface area contributed by atoms with Crippen molar-refractivity contribution in [1.82, 2.24) is 14.9 Å². The van der Waals surface area contributed by atoms with Crippen LogP contribution in [-0.4, -0.2) is 20.8 Å². The number of rotatable bonds is 4. The lowest BCUT2D eigenvalue weighted by molar-refractivity contribution is 0.194. The van der Waals surface area contributed by atoms with E-state index < -0.39 is 6.09 Å². The van der Waals surface area contributed by atoms with Gasteiger partial charge in [0.2, 0.25) is 5.95 Å². The molecule has 1 aromatic heterocycles. The van der Waals surface area contributed by atoms with Crippen LogP contribution >= 0.6 is 0 Å². The van der Waals surface area contributed by atoms with E-state index in [1.807, 2.05) is 22.8 Å². The Morgan fingerprint density at radius 3 is 3.00 bits per heavy atom. The number of benzene rings is 1. The quantitative estimate of drug-likeness (QED) is 0.769. The van der Waals surface area contributed by atoms with Gasteiger partial charge in [-0.15, -0.1) is 0 Å². The van der Waals surface area contributed by atoms with Gasteiger partial charge in [-0.3, -0.25) is 0 Å². The highest BCUT2D eigenvalue weighted by atomic mass is 16.4. The fourth-order valence-electron chi connectivity index (χ4n) is 1.94. The monoisotopic (exact) mass is 248 g/mol. The standard InChI is InChI=1S/C12H16N4O2/c1-2-5-16-10-4-3-8(7-14-12(17)18)6-9(10)15-11(16)13/h3-4,6,14H,2,5,7H2,1H3,(H2,13,15)(H,17,18). The number of hydrogen-bond acceptors (Lipinski definition) is 3. The highest BCUT2D eigenvalue weighted by Crippen LogP contribution is 2.19. The lowest BCUT2D eigenvalue weighted by Gasteiger charge is -2.04. The Morgan fingerprint density at radius 2 is 2.33 bits per heavy atom. The third-order valence-corrected chi connectivity index (χ3v) is 2.73. The zero-order chi connectivity index (χ0) is 13.1. The lowest BCUT2D eigenvalue weighted by Crippen LogP contribution is -2.19. The highest BCUT2D eigenvalue weighted by molar-refractivity contribution is 5.79. The van der Waals surface area contributed by atoms with Crippen LogP contribution in [0.4, 0.5) is 10.7 Å². The second-order valence-corrected chi connectivity index (χ2v) is 4.10. The molecule has 4 N–H and O–H groups in total. The number of nitrogens with one attached hydrogen (secondary N) is 1. The average Bonchev–Trinajstić information content (AvgIpc) is 2.63. The number of carbonyl (C=O) groups is 1. The van der Waals surface area contributed by atoms with Crippen LogP contribution in [0.15, 0.2) is 18.2 Å². The molecule has 0 radical (unpaired) electrons. The minimum absolute atomic E-state index is 0.270. The summed E-state index contributed by atoms with van der Waals surface area (Å²) in [6.07, 6.45) is -0.0519. The smallest absolute Gasteiger partial charge is 0.404 e. The van der Waals surface area contributed by atoms with Gasteiger partial charge in [-0.1, -0.05) is 13.0 Å². The number of imidazole rings is 1. The minimum Gasteiger partial charge on any atom is -0.465 e. The molecule has 0 bridgehead atoms. The van der Waals surface area contributed by atoms with Crippen LogP contribution in [0.1, 0.15) is 18.9 Å². The van der Waals surface area contributed by atoms with Gasteiger partial charge in [0.1, 0.15) is 0 Å². The number of amides is 1. The number of nitrogens with zero attached hydrogens (tertiary/aromatic N) is 2. The number of carboxylic acid groups (broad SMARTS) is 1. The van der Waals surface area contributed by atoms with Gasteiger partial charge in [-0.25, -0.2) is 9.78 Å². The first kappa shape index (κ1) is 12.2. The fraction of sp³-hybridized carbons (Fsp3) is 0.333. The third kappa shape index (κ3) is 2.37. The molecule has 0 aliphatic heterocycles. The molecule has 0 atom stereocenters. The van der Waals surface area contributed by atoms with E-state index >= 15 is 0 Å². The molecule has 0 spiro atoms. The summed E-state index contributed by atoms with van der Waals surface area (Å²) >= 11 is 0. The summed E-state index contributed by atoms with van der Waals surface area (Å²) in [5, 5.41) is 10.9. The molecule has 0 aliphatic rings. The second-order valence-electron chi connectivity index (χ2n) is 4.10. The lowest BCUT2D eigenvalue weighted by atomic mass is 10.2. The van der Waals surface area contributed by atoms with Gasteiger partial charge in [0, 0.05) is 13.1 Å². The van der Waals surface area contributed by atoms with Gasteiger partial charge in [0.15, 0.2) is 0 Å². The van der Waals surface area contributed by atoms with E-state index in [1.165, 1.54) is 0 Å². The van der Waals surface area contributed by atoms with Crippen molar-refractivity contribution in [3.8, 4) is 0 Å².